The van der Waals surface area contributed by atoms with Gasteiger partial charge >= 0.3 is 5.97 Å². The van der Waals surface area contributed by atoms with Crippen LogP contribution in [0.15, 0.2) is 42.5 Å². The molecule has 0 saturated carbocycles. The van der Waals surface area contributed by atoms with E-state index in [1.54, 1.807) is 0 Å². The van der Waals surface area contributed by atoms with Crippen molar-refractivity contribution in [1.29, 1.82) is 5.41 Å². The monoisotopic (exact) mass is 479 g/mol. The van der Waals surface area contributed by atoms with E-state index < -0.39 is 5.97 Å². The number of carboxylic acid groups (broad SMARTS) is 1. The van der Waals surface area contributed by atoms with E-state index in [-0.39, 0.29) is 24.2 Å². The molecule has 0 spiro atoms. The van der Waals surface area contributed by atoms with Gasteiger partial charge in [0.1, 0.15) is 11.7 Å². The highest BCUT2D eigenvalue weighted by atomic mass is 16.4. The van der Waals surface area contributed by atoms with Gasteiger partial charge < -0.3 is 31.4 Å². The minimum Gasteiger partial charge on any atom is -0.480 e. The van der Waals surface area contributed by atoms with Crippen LogP contribution in [-0.2, 0) is 23.2 Å². The number of carbonyl (C=O) groups is 2. The fraction of sp³-hybridized carbons (Fsp3) is 0.360. The second kappa shape index (κ2) is 11.5. The van der Waals surface area contributed by atoms with Gasteiger partial charge in [-0.15, -0.1) is 0 Å². The standard InChI is InChI=1S/C23H28N6O.C2H5NO2/c1-15(23(30)29-11-3-4-12-29)17-7-10-20-19(13-17)27-21(28(20)2)14-26-18-8-5-16(6-9-18)22(24)25;3-1-2(4)5/h5-10,13,15,26H,3-4,11-12,14H2,1-2H3,(H3,24,25);1,3H2,(H,4,5). The molecule has 10 heteroatoms. The molecule has 1 aliphatic heterocycles. The largest absolute Gasteiger partial charge is 0.480 e. The van der Waals surface area contributed by atoms with Gasteiger partial charge in [-0.1, -0.05) is 6.07 Å². The van der Waals surface area contributed by atoms with Crippen molar-refractivity contribution in [1.82, 2.24) is 14.5 Å². The fourth-order valence-corrected chi connectivity index (χ4v) is 4.00. The molecule has 0 aliphatic carbocycles. The van der Waals surface area contributed by atoms with Crippen LogP contribution in [0.2, 0.25) is 0 Å². The van der Waals surface area contributed by atoms with Gasteiger partial charge in [0.25, 0.3) is 0 Å². The SMILES string of the molecule is CC(C(=O)N1CCCC1)c1ccc2c(c1)nc(CNc1ccc(C(=N)N)cc1)n2C.NCC(=O)O. The first-order valence-corrected chi connectivity index (χ1v) is 11.6. The first-order valence-electron chi connectivity index (χ1n) is 11.6. The number of hydrogen-bond donors (Lipinski definition) is 5. The molecule has 1 atom stereocenters. The molecule has 1 saturated heterocycles. The van der Waals surface area contributed by atoms with Crippen molar-refractivity contribution in [3.05, 3.63) is 59.4 Å². The van der Waals surface area contributed by atoms with E-state index in [1.807, 2.05) is 55.3 Å². The number of hydrogen-bond acceptors (Lipinski definition) is 6. The van der Waals surface area contributed by atoms with Crippen LogP contribution in [0.25, 0.3) is 11.0 Å². The fourth-order valence-electron chi connectivity index (χ4n) is 4.00. The first-order chi connectivity index (χ1) is 16.7. The summed E-state index contributed by atoms with van der Waals surface area (Å²) in [6.45, 7) is 4.02. The Morgan fingerprint density at radius 3 is 2.37 bits per heavy atom. The van der Waals surface area contributed by atoms with Gasteiger partial charge in [0.05, 0.1) is 30.0 Å². The highest BCUT2D eigenvalue weighted by molar-refractivity contribution is 5.95. The van der Waals surface area contributed by atoms with Gasteiger partial charge in [0.15, 0.2) is 0 Å². The number of nitrogens with two attached hydrogens (primary N) is 2. The number of anilines is 1. The molecule has 1 fully saturated rings. The third kappa shape index (κ3) is 6.36. The topological polar surface area (TPSA) is 163 Å². The summed E-state index contributed by atoms with van der Waals surface area (Å²) in [5, 5.41) is 18.4. The Morgan fingerprint density at radius 1 is 1.17 bits per heavy atom. The Balaban J connectivity index is 0.000000623. The number of amides is 1. The number of carbonyl (C=O) groups excluding carboxylic acids is 1. The van der Waals surface area contributed by atoms with Crippen molar-refractivity contribution in [3.63, 3.8) is 0 Å². The average molecular weight is 480 g/mol. The zero-order valence-electron chi connectivity index (χ0n) is 20.1. The lowest BCUT2D eigenvalue weighted by Gasteiger charge is -2.20. The Labute approximate surface area is 204 Å². The van der Waals surface area contributed by atoms with Crippen molar-refractivity contribution < 1.29 is 14.7 Å². The lowest BCUT2D eigenvalue weighted by atomic mass is 9.99. The number of nitrogen functional groups attached to an aromatic ring is 1. The number of nitrogens with one attached hydrogen (secondary N) is 2. The lowest BCUT2D eigenvalue weighted by Crippen LogP contribution is -2.31. The smallest absolute Gasteiger partial charge is 0.317 e. The zero-order chi connectivity index (χ0) is 25.5. The third-order valence-corrected chi connectivity index (χ3v) is 6.11. The van der Waals surface area contributed by atoms with Crippen molar-refractivity contribution in [3.8, 4) is 0 Å². The van der Waals surface area contributed by atoms with E-state index in [9.17, 15) is 9.59 Å². The molecule has 0 bridgehead atoms. The number of carboxylic acids is 1. The van der Waals surface area contributed by atoms with E-state index >= 15 is 0 Å². The van der Waals surface area contributed by atoms with E-state index in [2.05, 4.69) is 21.7 Å². The summed E-state index contributed by atoms with van der Waals surface area (Å²) >= 11 is 0. The molecule has 2 heterocycles. The second-order valence-electron chi connectivity index (χ2n) is 8.53. The number of amidine groups is 1. The van der Waals surface area contributed by atoms with Crippen LogP contribution in [0.3, 0.4) is 0 Å². The maximum Gasteiger partial charge on any atom is 0.317 e. The molecule has 10 nitrogen and oxygen atoms in total. The van der Waals surface area contributed by atoms with Crippen molar-refractivity contribution in [2.24, 2.45) is 18.5 Å². The molecule has 1 aromatic heterocycles. The van der Waals surface area contributed by atoms with Crippen molar-refractivity contribution >= 4 is 34.4 Å². The van der Waals surface area contributed by atoms with Gasteiger partial charge in [-0.3, -0.25) is 15.0 Å². The molecular formula is C25H33N7O3. The summed E-state index contributed by atoms with van der Waals surface area (Å²) in [6.07, 6.45) is 2.21. The van der Waals surface area contributed by atoms with Crippen molar-refractivity contribution in [2.45, 2.75) is 32.2 Å². The molecule has 2 aromatic carbocycles. The maximum atomic E-state index is 12.7. The number of aromatic nitrogens is 2. The predicted octanol–water partition coefficient (Wildman–Crippen LogP) is 2.23. The zero-order valence-corrected chi connectivity index (χ0v) is 20.1. The van der Waals surface area contributed by atoms with Gasteiger partial charge in [0.2, 0.25) is 5.91 Å². The number of nitrogens with zero attached hydrogens (tertiary/aromatic N) is 3. The number of benzene rings is 2. The molecule has 0 radical (unpaired) electrons. The molecule has 35 heavy (non-hydrogen) atoms. The van der Waals surface area contributed by atoms with E-state index in [1.165, 1.54) is 0 Å². The highest BCUT2D eigenvalue weighted by Crippen LogP contribution is 2.25. The molecule has 186 valence electrons. The van der Waals surface area contributed by atoms with E-state index in [0.29, 0.717) is 12.1 Å². The summed E-state index contributed by atoms with van der Waals surface area (Å²) in [5.41, 5.74) is 14.7. The van der Waals surface area contributed by atoms with Crippen LogP contribution in [0.1, 0.15) is 42.6 Å². The summed E-state index contributed by atoms with van der Waals surface area (Å²) in [6, 6.07) is 13.6. The number of imidazole rings is 1. The molecule has 1 aliphatic rings. The number of aryl methyl sites for hydroxylation is 1. The summed E-state index contributed by atoms with van der Waals surface area (Å²) in [4.78, 5) is 28.8. The van der Waals surface area contributed by atoms with Crippen molar-refractivity contribution in [2.75, 3.05) is 25.0 Å². The summed E-state index contributed by atoms with van der Waals surface area (Å²) in [5.74, 6) is 0.0565. The third-order valence-electron chi connectivity index (χ3n) is 6.11. The molecular weight excluding hydrogens is 446 g/mol. The van der Waals surface area contributed by atoms with Crippen LogP contribution >= 0.6 is 0 Å². The molecule has 1 amide bonds. The Kier molecular flexibility index (Phi) is 8.43. The lowest BCUT2D eigenvalue weighted by molar-refractivity contribution is -0.135. The van der Waals surface area contributed by atoms with Gasteiger partial charge in [0, 0.05) is 31.4 Å². The Bertz CT molecular complexity index is 1200. The first kappa shape index (κ1) is 25.7. The maximum absolute atomic E-state index is 12.7. The minimum atomic E-state index is -0.968. The van der Waals surface area contributed by atoms with Gasteiger partial charge in [-0.2, -0.15) is 0 Å². The molecule has 4 rings (SSSR count). The normalized spacial score (nSPS) is 13.7. The quantitative estimate of drug-likeness (QED) is 0.256. The van der Waals surface area contributed by atoms with E-state index in [0.717, 1.165) is 54.0 Å². The Morgan fingerprint density at radius 2 is 1.80 bits per heavy atom. The summed E-state index contributed by atoms with van der Waals surface area (Å²) in [7, 11) is 2.00. The average Bonchev–Trinajstić information content (AvgIpc) is 3.50. The molecule has 1 unspecified atom stereocenters. The number of aliphatic carboxylic acids is 1. The Hall–Kier alpha value is -3.92. The second-order valence-corrected chi connectivity index (χ2v) is 8.53. The van der Waals surface area contributed by atoms with Gasteiger partial charge in [-0.05, 0) is 61.7 Å². The number of rotatable bonds is 7. The van der Waals surface area contributed by atoms with Crippen LogP contribution in [-0.4, -0.2) is 56.9 Å². The minimum absolute atomic E-state index is 0.0603. The van der Waals surface area contributed by atoms with Crippen LogP contribution in [0.5, 0.6) is 0 Å². The van der Waals surface area contributed by atoms with Crippen LogP contribution < -0.4 is 16.8 Å². The molecule has 3 aromatic rings. The molecule has 7 N–H and O–H groups in total. The predicted molar refractivity (Wildman–Crippen MR) is 136 cm³/mol. The number of likely N-dealkylation sites (tertiary alicyclic amines) is 1. The van der Waals surface area contributed by atoms with Gasteiger partial charge in [-0.25, -0.2) is 4.98 Å². The number of fused-ring (bicyclic) bond motifs is 1. The van der Waals surface area contributed by atoms with E-state index in [4.69, 9.17) is 21.2 Å². The highest BCUT2D eigenvalue weighted by Gasteiger charge is 2.24. The van der Waals surface area contributed by atoms with Crippen LogP contribution in [0.4, 0.5) is 5.69 Å². The van der Waals surface area contributed by atoms with Crippen LogP contribution in [0, 0.1) is 5.41 Å². The summed E-state index contributed by atoms with van der Waals surface area (Å²) < 4.78 is 2.07.